The highest BCUT2D eigenvalue weighted by Gasteiger charge is 2.04. The summed E-state index contributed by atoms with van der Waals surface area (Å²) >= 11 is 0. The molecular formula is C10H14. The minimum absolute atomic E-state index is 0.668. The summed E-state index contributed by atoms with van der Waals surface area (Å²) in [7, 11) is 0. The van der Waals surface area contributed by atoms with E-state index in [-0.39, 0.29) is 0 Å². The molecule has 54 valence electrons. The van der Waals surface area contributed by atoms with Crippen LogP contribution >= 0.6 is 0 Å². The predicted octanol–water partition coefficient (Wildman–Crippen LogP) is 2.94. The van der Waals surface area contributed by atoms with Crippen molar-refractivity contribution in [3.63, 3.8) is 0 Å². The molecule has 1 aliphatic carbocycles. The van der Waals surface area contributed by atoms with Gasteiger partial charge in [-0.2, -0.15) is 0 Å². The third-order valence-corrected chi connectivity index (χ3v) is 1.99. The van der Waals surface area contributed by atoms with Crippen LogP contribution in [0.4, 0.5) is 0 Å². The van der Waals surface area contributed by atoms with Crippen molar-refractivity contribution < 1.29 is 0 Å². The SMILES string of the molecule is C[C@@H]1\C=C/C=C\C=C/[C@H]1C. The smallest absolute Gasteiger partial charge is 0.0198 e. The number of rotatable bonds is 0. The molecule has 0 nitrogen and oxygen atoms in total. The molecule has 0 aromatic carbocycles. The van der Waals surface area contributed by atoms with Crippen molar-refractivity contribution in [2.75, 3.05) is 0 Å². The molecule has 0 heteroatoms. The Bertz CT molecular complexity index is 152. The minimum atomic E-state index is 0.668. The zero-order valence-corrected chi connectivity index (χ0v) is 6.62. The number of allylic oxidation sites excluding steroid dienone is 6. The summed E-state index contributed by atoms with van der Waals surface area (Å²) in [6, 6.07) is 0. The van der Waals surface area contributed by atoms with E-state index in [0.29, 0.717) is 11.8 Å². The molecule has 0 spiro atoms. The lowest BCUT2D eigenvalue weighted by molar-refractivity contribution is 0.558. The van der Waals surface area contributed by atoms with Crippen molar-refractivity contribution in [1.82, 2.24) is 0 Å². The summed E-state index contributed by atoms with van der Waals surface area (Å²) in [5.41, 5.74) is 0. The van der Waals surface area contributed by atoms with Crippen LogP contribution in [0.5, 0.6) is 0 Å². The zero-order valence-electron chi connectivity index (χ0n) is 6.62. The van der Waals surface area contributed by atoms with E-state index in [9.17, 15) is 0 Å². The lowest BCUT2D eigenvalue weighted by Gasteiger charge is -2.11. The molecule has 0 aliphatic heterocycles. The first-order valence-electron chi connectivity index (χ1n) is 3.82. The molecule has 0 radical (unpaired) electrons. The molecule has 0 amide bonds. The van der Waals surface area contributed by atoms with E-state index in [1.54, 1.807) is 0 Å². The van der Waals surface area contributed by atoms with Gasteiger partial charge in [-0.3, -0.25) is 0 Å². The van der Waals surface area contributed by atoms with Crippen LogP contribution < -0.4 is 0 Å². The van der Waals surface area contributed by atoms with Crippen molar-refractivity contribution in [3.8, 4) is 0 Å². The molecule has 1 aliphatic rings. The highest BCUT2D eigenvalue weighted by Crippen LogP contribution is 2.14. The van der Waals surface area contributed by atoms with Crippen molar-refractivity contribution >= 4 is 0 Å². The number of hydrogen-bond donors (Lipinski definition) is 0. The van der Waals surface area contributed by atoms with E-state index in [4.69, 9.17) is 0 Å². The summed E-state index contributed by atoms with van der Waals surface area (Å²) in [4.78, 5) is 0. The van der Waals surface area contributed by atoms with Gasteiger partial charge in [0.2, 0.25) is 0 Å². The molecule has 2 atom stereocenters. The molecule has 0 aromatic heterocycles. The average Bonchev–Trinajstić information content (AvgIpc) is 1.92. The molecule has 0 fully saturated rings. The van der Waals surface area contributed by atoms with Crippen LogP contribution in [0.25, 0.3) is 0 Å². The summed E-state index contributed by atoms with van der Waals surface area (Å²) in [6.45, 7) is 4.48. The Labute approximate surface area is 62.9 Å². The first kappa shape index (κ1) is 7.33. The molecule has 0 aromatic rings. The van der Waals surface area contributed by atoms with Gasteiger partial charge in [-0.15, -0.1) is 0 Å². The molecule has 0 N–H and O–H groups in total. The second kappa shape index (κ2) is 3.40. The van der Waals surface area contributed by atoms with Crippen LogP contribution in [0.1, 0.15) is 13.8 Å². The van der Waals surface area contributed by atoms with Crippen molar-refractivity contribution in [3.05, 3.63) is 36.5 Å². The quantitative estimate of drug-likeness (QED) is 0.478. The summed E-state index contributed by atoms with van der Waals surface area (Å²) < 4.78 is 0. The topological polar surface area (TPSA) is 0 Å². The molecule has 10 heavy (non-hydrogen) atoms. The maximum Gasteiger partial charge on any atom is -0.0198 e. The van der Waals surface area contributed by atoms with E-state index in [1.807, 2.05) is 0 Å². The summed E-state index contributed by atoms with van der Waals surface area (Å²) in [6.07, 6.45) is 12.8. The highest BCUT2D eigenvalue weighted by molar-refractivity contribution is 5.16. The van der Waals surface area contributed by atoms with E-state index >= 15 is 0 Å². The van der Waals surface area contributed by atoms with Gasteiger partial charge in [0.25, 0.3) is 0 Å². The standard InChI is InChI=1S/C10H14/c1-9-7-5-3-4-6-8-10(9)2/h3-10H,1-2H3/b4-3-,7-5-,8-6-/t9-,10-/m1/s1. The lowest BCUT2D eigenvalue weighted by Crippen LogP contribution is -2.01. The van der Waals surface area contributed by atoms with E-state index in [1.165, 1.54) is 0 Å². The van der Waals surface area contributed by atoms with Crippen molar-refractivity contribution in [2.24, 2.45) is 11.8 Å². The van der Waals surface area contributed by atoms with Crippen molar-refractivity contribution in [1.29, 1.82) is 0 Å². The van der Waals surface area contributed by atoms with Gasteiger partial charge in [0.1, 0.15) is 0 Å². The number of hydrogen-bond acceptors (Lipinski definition) is 0. The van der Waals surface area contributed by atoms with Crippen LogP contribution in [0.3, 0.4) is 0 Å². The molecule has 0 heterocycles. The third kappa shape index (κ3) is 1.87. The Hall–Kier alpha value is -0.780. The Kier molecular flexibility index (Phi) is 2.49. The Morgan fingerprint density at radius 3 is 1.50 bits per heavy atom. The van der Waals surface area contributed by atoms with Gasteiger partial charge in [-0.1, -0.05) is 50.3 Å². The normalized spacial score (nSPS) is 41.4. The average molecular weight is 134 g/mol. The molecule has 0 unspecified atom stereocenters. The van der Waals surface area contributed by atoms with Crippen LogP contribution in [0.15, 0.2) is 36.5 Å². The fraction of sp³-hybridized carbons (Fsp3) is 0.400. The summed E-state index contributed by atoms with van der Waals surface area (Å²) in [5, 5.41) is 0. The van der Waals surface area contributed by atoms with Crippen LogP contribution in [-0.2, 0) is 0 Å². The second-order valence-electron chi connectivity index (χ2n) is 2.87. The minimum Gasteiger partial charge on any atom is -0.0811 e. The molecular weight excluding hydrogens is 120 g/mol. The lowest BCUT2D eigenvalue weighted by atomic mass is 9.94. The van der Waals surface area contributed by atoms with Gasteiger partial charge in [0.05, 0.1) is 0 Å². The van der Waals surface area contributed by atoms with Crippen molar-refractivity contribution in [2.45, 2.75) is 13.8 Å². The highest BCUT2D eigenvalue weighted by atomic mass is 14.1. The first-order chi connectivity index (χ1) is 4.80. The zero-order chi connectivity index (χ0) is 7.40. The van der Waals surface area contributed by atoms with E-state index in [2.05, 4.69) is 50.3 Å². The monoisotopic (exact) mass is 134 g/mol. The van der Waals surface area contributed by atoms with Crippen LogP contribution in [0.2, 0.25) is 0 Å². The maximum absolute atomic E-state index is 2.24. The predicted molar refractivity (Wildman–Crippen MR) is 45.7 cm³/mol. The molecule has 0 saturated carbocycles. The van der Waals surface area contributed by atoms with Crippen LogP contribution in [0, 0.1) is 11.8 Å². The van der Waals surface area contributed by atoms with Gasteiger partial charge in [0.15, 0.2) is 0 Å². The van der Waals surface area contributed by atoms with Gasteiger partial charge in [-0.25, -0.2) is 0 Å². The van der Waals surface area contributed by atoms with Gasteiger partial charge in [-0.05, 0) is 11.8 Å². The first-order valence-corrected chi connectivity index (χ1v) is 3.82. The van der Waals surface area contributed by atoms with Gasteiger partial charge >= 0.3 is 0 Å². The van der Waals surface area contributed by atoms with E-state index < -0.39 is 0 Å². The fourth-order valence-corrected chi connectivity index (χ4v) is 0.958. The molecule has 0 bridgehead atoms. The Morgan fingerprint density at radius 1 is 0.700 bits per heavy atom. The van der Waals surface area contributed by atoms with Gasteiger partial charge in [0, 0.05) is 0 Å². The second-order valence-corrected chi connectivity index (χ2v) is 2.87. The molecule has 1 rings (SSSR count). The third-order valence-electron chi connectivity index (χ3n) is 1.99. The maximum atomic E-state index is 2.24. The summed E-state index contributed by atoms with van der Waals surface area (Å²) in [5.74, 6) is 1.34. The van der Waals surface area contributed by atoms with E-state index in [0.717, 1.165) is 0 Å². The fourth-order valence-electron chi connectivity index (χ4n) is 0.958. The molecule has 0 saturated heterocycles. The Balaban J connectivity index is 2.71. The van der Waals surface area contributed by atoms with Crippen LogP contribution in [-0.4, -0.2) is 0 Å². The van der Waals surface area contributed by atoms with Gasteiger partial charge < -0.3 is 0 Å². The Morgan fingerprint density at radius 2 is 1.10 bits per heavy atom. The largest absolute Gasteiger partial charge is 0.0811 e.